The molecule has 0 aliphatic carbocycles. The van der Waals surface area contributed by atoms with E-state index in [0.717, 1.165) is 11.1 Å². The fraction of sp³-hybridized carbons (Fsp3) is 0.333. The number of alkyl carbamates (subject to hydrolysis) is 1. The maximum atomic E-state index is 14.0. The Balaban J connectivity index is 2.55. The van der Waals surface area contributed by atoms with Gasteiger partial charge in [0.15, 0.2) is 0 Å². The Morgan fingerprint density at radius 1 is 1.08 bits per heavy atom. The first kappa shape index (κ1) is 30.8. The molecule has 0 aliphatic heterocycles. The summed E-state index contributed by atoms with van der Waals surface area (Å²) >= 11 is 0. The van der Waals surface area contributed by atoms with E-state index in [9.17, 15) is 19.2 Å². The Morgan fingerprint density at radius 2 is 1.77 bits per heavy atom. The van der Waals surface area contributed by atoms with Crippen LogP contribution in [0.15, 0.2) is 67.8 Å². The number of para-hydroxylation sites is 1. The highest BCUT2D eigenvalue weighted by Crippen LogP contribution is 2.27. The number of carbonyl (C=O) groups is 4. The van der Waals surface area contributed by atoms with Crippen LogP contribution < -0.4 is 16.4 Å². The van der Waals surface area contributed by atoms with E-state index in [1.807, 2.05) is 25.1 Å². The van der Waals surface area contributed by atoms with Gasteiger partial charge in [0.1, 0.15) is 17.7 Å². The summed E-state index contributed by atoms with van der Waals surface area (Å²) < 4.78 is 5.33. The van der Waals surface area contributed by atoms with Crippen molar-refractivity contribution in [3.63, 3.8) is 0 Å². The van der Waals surface area contributed by atoms with Gasteiger partial charge in [-0.15, -0.1) is 6.58 Å². The molecule has 4 amide bonds. The molecule has 0 spiro atoms. The molecule has 0 fully saturated rings. The van der Waals surface area contributed by atoms with E-state index in [2.05, 4.69) is 23.8 Å². The summed E-state index contributed by atoms with van der Waals surface area (Å²) in [7, 11) is 0. The third kappa shape index (κ3) is 9.45. The molecule has 0 saturated carbocycles. The molecule has 9 heteroatoms. The molecule has 2 aromatic carbocycles. The Bertz CT molecular complexity index is 1220. The number of nitrogens with one attached hydrogen (secondary N) is 2. The summed E-state index contributed by atoms with van der Waals surface area (Å²) in [6, 6.07) is 12.1. The van der Waals surface area contributed by atoms with Gasteiger partial charge in [0.2, 0.25) is 11.8 Å². The Morgan fingerprint density at radius 3 is 2.36 bits per heavy atom. The zero-order valence-corrected chi connectivity index (χ0v) is 23.0. The average Bonchev–Trinajstić information content (AvgIpc) is 2.86. The second-order valence-corrected chi connectivity index (χ2v) is 10.1. The van der Waals surface area contributed by atoms with Crippen LogP contribution in [0.3, 0.4) is 0 Å². The van der Waals surface area contributed by atoms with Crippen molar-refractivity contribution in [1.29, 1.82) is 0 Å². The molecule has 2 rings (SSSR count). The molecule has 0 heterocycles. The lowest BCUT2D eigenvalue weighted by Crippen LogP contribution is -2.52. The Kier molecular flexibility index (Phi) is 11.0. The number of rotatable bonds is 12. The van der Waals surface area contributed by atoms with Gasteiger partial charge < -0.3 is 26.0 Å². The van der Waals surface area contributed by atoms with E-state index in [-0.39, 0.29) is 19.4 Å². The summed E-state index contributed by atoms with van der Waals surface area (Å²) in [6.07, 6.45) is 2.04. The van der Waals surface area contributed by atoms with Crippen molar-refractivity contribution in [3.8, 4) is 0 Å². The Labute approximate surface area is 230 Å². The van der Waals surface area contributed by atoms with E-state index >= 15 is 0 Å². The topological polar surface area (TPSA) is 131 Å². The SMILES string of the molecule is C=CCN(C(=O)C(CCC(N)=O)NC(=O)OC(C)(C)C)C(C(=O)Nc1ccccc1C)c1cccc(C=C)c1. The number of ether oxygens (including phenoxy) is 1. The number of primary amides is 1. The minimum absolute atomic E-state index is 0.0217. The molecular formula is C30H38N4O5. The molecule has 39 heavy (non-hydrogen) atoms. The number of carbonyl (C=O) groups excluding carboxylic acids is 4. The van der Waals surface area contributed by atoms with Crippen molar-refractivity contribution >= 4 is 35.6 Å². The monoisotopic (exact) mass is 534 g/mol. The van der Waals surface area contributed by atoms with Crippen molar-refractivity contribution in [2.45, 2.75) is 58.2 Å². The molecular weight excluding hydrogens is 496 g/mol. The fourth-order valence-electron chi connectivity index (χ4n) is 3.90. The number of nitrogens with zero attached hydrogens (tertiary/aromatic N) is 1. The molecule has 2 unspecified atom stereocenters. The van der Waals surface area contributed by atoms with Crippen LogP contribution in [-0.2, 0) is 19.1 Å². The number of aryl methyl sites for hydroxylation is 1. The van der Waals surface area contributed by atoms with Crippen LogP contribution in [0.25, 0.3) is 6.08 Å². The predicted octanol–water partition coefficient (Wildman–Crippen LogP) is 4.49. The molecule has 9 nitrogen and oxygen atoms in total. The van der Waals surface area contributed by atoms with Gasteiger partial charge in [0.25, 0.3) is 5.91 Å². The minimum atomic E-state index is -1.19. The first-order chi connectivity index (χ1) is 18.4. The summed E-state index contributed by atoms with van der Waals surface area (Å²) in [5.41, 5.74) is 7.24. The molecule has 0 aromatic heterocycles. The van der Waals surface area contributed by atoms with E-state index in [1.165, 1.54) is 11.0 Å². The molecule has 2 aromatic rings. The van der Waals surface area contributed by atoms with Crippen LogP contribution in [0, 0.1) is 6.92 Å². The second-order valence-electron chi connectivity index (χ2n) is 10.1. The maximum absolute atomic E-state index is 14.0. The summed E-state index contributed by atoms with van der Waals surface area (Å²) in [5.74, 6) is -1.70. The first-order valence-corrected chi connectivity index (χ1v) is 12.6. The minimum Gasteiger partial charge on any atom is -0.444 e. The number of benzene rings is 2. The van der Waals surface area contributed by atoms with Crippen molar-refractivity contribution in [3.05, 3.63) is 84.5 Å². The highest BCUT2D eigenvalue weighted by Gasteiger charge is 2.36. The van der Waals surface area contributed by atoms with Crippen LogP contribution in [0.4, 0.5) is 10.5 Å². The van der Waals surface area contributed by atoms with Gasteiger partial charge in [-0.1, -0.05) is 55.1 Å². The van der Waals surface area contributed by atoms with Crippen molar-refractivity contribution in [2.75, 3.05) is 11.9 Å². The van der Waals surface area contributed by atoms with Crippen molar-refractivity contribution in [2.24, 2.45) is 5.73 Å². The Hall–Kier alpha value is -4.40. The van der Waals surface area contributed by atoms with Gasteiger partial charge in [-0.25, -0.2) is 4.79 Å². The summed E-state index contributed by atoms with van der Waals surface area (Å²) in [4.78, 5) is 53.3. The quantitative estimate of drug-likeness (QED) is 0.345. The smallest absolute Gasteiger partial charge is 0.408 e. The molecule has 2 atom stereocenters. The molecule has 4 N–H and O–H groups in total. The lowest BCUT2D eigenvalue weighted by molar-refractivity contribution is -0.140. The van der Waals surface area contributed by atoms with Crippen LogP contribution in [0.5, 0.6) is 0 Å². The summed E-state index contributed by atoms with van der Waals surface area (Å²) in [5, 5.41) is 5.47. The predicted molar refractivity (Wildman–Crippen MR) is 153 cm³/mol. The van der Waals surface area contributed by atoms with E-state index in [4.69, 9.17) is 10.5 Å². The number of amides is 4. The second kappa shape index (κ2) is 13.9. The molecule has 0 bridgehead atoms. The zero-order chi connectivity index (χ0) is 29.2. The van der Waals surface area contributed by atoms with E-state index in [0.29, 0.717) is 11.3 Å². The molecule has 0 saturated heterocycles. The van der Waals surface area contributed by atoms with E-state index < -0.39 is 41.5 Å². The highest BCUT2D eigenvalue weighted by atomic mass is 16.6. The third-order valence-electron chi connectivity index (χ3n) is 5.70. The van der Waals surface area contributed by atoms with Crippen LogP contribution in [-0.4, -0.2) is 46.9 Å². The number of nitrogens with two attached hydrogens (primary N) is 1. The lowest BCUT2D eigenvalue weighted by Gasteiger charge is -2.34. The number of anilines is 1. The normalized spacial score (nSPS) is 12.4. The van der Waals surface area contributed by atoms with Crippen LogP contribution >= 0.6 is 0 Å². The molecule has 0 aliphatic rings. The largest absolute Gasteiger partial charge is 0.444 e. The van der Waals surface area contributed by atoms with Crippen LogP contribution in [0.2, 0.25) is 0 Å². The lowest BCUT2D eigenvalue weighted by atomic mass is 9.99. The average molecular weight is 535 g/mol. The van der Waals surface area contributed by atoms with Gasteiger partial charge in [0, 0.05) is 18.7 Å². The first-order valence-electron chi connectivity index (χ1n) is 12.6. The van der Waals surface area contributed by atoms with Gasteiger partial charge >= 0.3 is 6.09 Å². The maximum Gasteiger partial charge on any atom is 0.408 e. The van der Waals surface area contributed by atoms with Crippen LogP contribution in [0.1, 0.15) is 56.3 Å². The van der Waals surface area contributed by atoms with Crippen molar-refractivity contribution in [1.82, 2.24) is 10.2 Å². The number of hydrogen-bond acceptors (Lipinski definition) is 5. The number of hydrogen-bond donors (Lipinski definition) is 3. The summed E-state index contributed by atoms with van der Waals surface area (Å²) in [6.45, 7) is 14.5. The highest BCUT2D eigenvalue weighted by molar-refractivity contribution is 5.99. The van der Waals surface area contributed by atoms with Crippen molar-refractivity contribution < 1.29 is 23.9 Å². The van der Waals surface area contributed by atoms with E-state index in [1.54, 1.807) is 57.2 Å². The standard InChI is InChI=1S/C30H38N4O5/c1-7-18-34(28(37)24(16-17-25(31)35)33-29(38)39-30(4,5)6)26(22-14-11-13-21(8-2)19-22)27(36)32-23-15-10-9-12-20(23)3/h7-15,19,24,26H,1-2,16-18H2,3-6H3,(H2,31,35)(H,32,36)(H,33,38). The third-order valence-corrected chi connectivity index (χ3v) is 5.70. The van der Waals surface area contributed by atoms with Gasteiger partial charge in [-0.2, -0.15) is 0 Å². The zero-order valence-electron chi connectivity index (χ0n) is 23.0. The van der Waals surface area contributed by atoms with Gasteiger partial charge in [-0.05, 0) is 62.9 Å². The fourth-order valence-corrected chi connectivity index (χ4v) is 3.90. The van der Waals surface area contributed by atoms with Gasteiger partial charge in [-0.3, -0.25) is 14.4 Å². The molecule has 208 valence electrons. The molecule has 0 radical (unpaired) electrons. The van der Waals surface area contributed by atoms with Gasteiger partial charge in [0.05, 0.1) is 0 Å².